The van der Waals surface area contributed by atoms with E-state index in [9.17, 15) is 4.79 Å². The highest BCUT2D eigenvalue weighted by Crippen LogP contribution is 2.22. The van der Waals surface area contributed by atoms with Gasteiger partial charge in [-0.1, -0.05) is 45.0 Å². The van der Waals surface area contributed by atoms with Crippen LogP contribution in [0.2, 0.25) is 0 Å². The number of nitrogen functional groups attached to an aromatic ring is 1. The topological polar surface area (TPSA) is 68.0 Å². The number of anilines is 1. The van der Waals surface area contributed by atoms with Crippen molar-refractivity contribution in [3.05, 3.63) is 36.0 Å². The lowest BCUT2D eigenvalue weighted by Gasteiger charge is -2.31. The van der Waals surface area contributed by atoms with Crippen molar-refractivity contribution in [2.24, 2.45) is 0 Å². The van der Waals surface area contributed by atoms with Gasteiger partial charge in [0.05, 0.1) is 0 Å². The molecule has 0 fully saturated rings. The summed E-state index contributed by atoms with van der Waals surface area (Å²) >= 11 is 0. The van der Waals surface area contributed by atoms with Gasteiger partial charge in [0.2, 0.25) is 0 Å². The van der Waals surface area contributed by atoms with Gasteiger partial charge < -0.3 is 11.1 Å². The van der Waals surface area contributed by atoms with E-state index < -0.39 is 0 Å². The van der Waals surface area contributed by atoms with Gasteiger partial charge in [0.25, 0.3) is 5.91 Å². The number of hydrogen-bond acceptors (Lipinski definition) is 3. The first-order valence-corrected chi connectivity index (χ1v) is 7.53. The summed E-state index contributed by atoms with van der Waals surface area (Å²) in [4.78, 5) is 16.8. The molecule has 0 aliphatic rings. The molecule has 0 unspecified atom stereocenters. The normalized spacial score (nSPS) is 11.6. The van der Waals surface area contributed by atoms with Crippen molar-refractivity contribution in [1.29, 1.82) is 0 Å². The van der Waals surface area contributed by atoms with Gasteiger partial charge in [-0.2, -0.15) is 0 Å². The van der Waals surface area contributed by atoms with Crippen LogP contribution in [0.3, 0.4) is 0 Å². The number of hydrogen-bond donors (Lipinski definition) is 2. The summed E-state index contributed by atoms with van der Waals surface area (Å²) in [6, 6.07) is 9.49. The van der Waals surface area contributed by atoms with Crippen LogP contribution in [0.5, 0.6) is 0 Å². The largest absolute Gasteiger partial charge is 0.383 e. The summed E-state index contributed by atoms with van der Waals surface area (Å²) in [5, 5.41) is 4.94. The number of benzene rings is 1. The number of nitrogens with two attached hydrogens (primary N) is 1. The maximum Gasteiger partial charge on any atom is 0.270 e. The van der Waals surface area contributed by atoms with Gasteiger partial charge in [-0.05, 0) is 30.7 Å². The second kappa shape index (κ2) is 6.12. The second-order valence-electron chi connectivity index (χ2n) is 5.41. The Morgan fingerprint density at radius 2 is 1.81 bits per heavy atom. The molecule has 4 heteroatoms. The first-order chi connectivity index (χ1) is 10.0. The maximum atomic E-state index is 12.5. The van der Waals surface area contributed by atoms with Crippen LogP contribution < -0.4 is 11.1 Å². The molecule has 0 aliphatic heterocycles. The quantitative estimate of drug-likeness (QED) is 0.883. The molecule has 2 rings (SSSR count). The van der Waals surface area contributed by atoms with Crippen molar-refractivity contribution in [3.8, 4) is 0 Å². The van der Waals surface area contributed by atoms with Gasteiger partial charge in [0.15, 0.2) is 0 Å². The molecule has 0 aliphatic carbocycles. The van der Waals surface area contributed by atoms with Crippen LogP contribution in [0.15, 0.2) is 30.3 Å². The van der Waals surface area contributed by atoms with Crippen LogP contribution in [0, 0.1) is 0 Å². The molecular weight excluding hydrogens is 262 g/mol. The molecule has 0 spiro atoms. The minimum atomic E-state index is -0.167. The van der Waals surface area contributed by atoms with Gasteiger partial charge in [0.1, 0.15) is 11.5 Å². The molecule has 0 saturated carbocycles. The minimum absolute atomic E-state index is 0.155. The fraction of sp³-hybridized carbons (Fsp3) is 0.412. The number of pyridine rings is 1. The fourth-order valence-corrected chi connectivity index (χ4v) is 2.66. The molecule has 0 radical (unpaired) electrons. The predicted molar refractivity (Wildman–Crippen MR) is 87.2 cm³/mol. The third kappa shape index (κ3) is 2.99. The summed E-state index contributed by atoms with van der Waals surface area (Å²) < 4.78 is 0. The molecule has 1 aromatic heterocycles. The van der Waals surface area contributed by atoms with Crippen molar-refractivity contribution in [2.75, 3.05) is 5.73 Å². The van der Waals surface area contributed by atoms with Crippen molar-refractivity contribution < 1.29 is 4.79 Å². The monoisotopic (exact) mass is 285 g/mol. The van der Waals surface area contributed by atoms with E-state index in [0.29, 0.717) is 11.5 Å². The van der Waals surface area contributed by atoms with Crippen LogP contribution in [-0.4, -0.2) is 16.4 Å². The Labute approximate surface area is 125 Å². The molecular formula is C17H23N3O. The fourth-order valence-electron chi connectivity index (χ4n) is 2.66. The van der Waals surface area contributed by atoms with Crippen molar-refractivity contribution in [3.63, 3.8) is 0 Å². The molecule has 0 saturated heterocycles. The van der Waals surface area contributed by atoms with Gasteiger partial charge >= 0.3 is 0 Å². The van der Waals surface area contributed by atoms with E-state index in [-0.39, 0.29) is 11.4 Å². The van der Waals surface area contributed by atoms with Gasteiger partial charge in [-0.15, -0.1) is 0 Å². The zero-order valence-electron chi connectivity index (χ0n) is 12.9. The van der Waals surface area contributed by atoms with Gasteiger partial charge in [-0.3, -0.25) is 4.79 Å². The van der Waals surface area contributed by atoms with E-state index in [1.54, 1.807) is 6.07 Å². The minimum Gasteiger partial charge on any atom is -0.383 e. The van der Waals surface area contributed by atoms with Crippen molar-refractivity contribution in [2.45, 2.75) is 45.6 Å². The number of carbonyl (C=O) groups is 1. The highest BCUT2D eigenvalue weighted by atomic mass is 16.2. The first kappa shape index (κ1) is 15.3. The summed E-state index contributed by atoms with van der Waals surface area (Å²) in [6.07, 6.45) is 2.69. The van der Waals surface area contributed by atoms with E-state index in [4.69, 9.17) is 5.73 Å². The van der Waals surface area contributed by atoms with E-state index in [1.165, 1.54) is 0 Å². The molecule has 4 nitrogen and oxygen atoms in total. The molecule has 1 amide bonds. The van der Waals surface area contributed by atoms with Crippen LogP contribution in [0.4, 0.5) is 5.82 Å². The third-order valence-corrected chi connectivity index (χ3v) is 4.41. The van der Waals surface area contributed by atoms with Crippen molar-refractivity contribution in [1.82, 2.24) is 10.3 Å². The molecule has 112 valence electrons. The van der Waals surface area contributed by atoms with E-state index >= 15 is 0 Å². The Balaban J connectivity index is 2.35. The predicted octanol–water partition coefficient (Wildman–Crippen LogP) is 3.52. The zero-order valence-corrected chi connectivity index (χ0v) is 12.9. The molecule has 0 atom stereocenters. The van der Waals surface area contributed by atoms with Gasteiger partial charge in [0, 0.05) is 10.9 Å². The lowest BCUT2D eigenvalue weighted by atomic mass is 9.89. The number of carbonyl (C=O) groups excluding carboxylic acids is 1. The van der Waals surface area contributed by atoms with E-state index in [0.717, 1.165) is 30.0 Å². The molecule has 1 heterocycles. The second-order valence-corrected chi connectivity index (χ2v) is 5.41. The van der Waals surface area contributed by atoms with Crippen LogP contribution in [0.1, 0.15) is 50.5 Å². The number of aromatic nitrogens is 1. The van der Waals surface area contributed by atoms with Crippen LogP contribution >= 0.6 is 0 Å². The van der Waals surface area contributed by atoms with E-state index in [2.05, 4.69) is 31.1 Å². The number of fused-ring (bicyclic) bond motifs is 1. The SMILES string of the molecule is CCC(CC)(CC)NC(=O)c1cc2ccccc2c(N)n1. The average Bonchev–Trinajstić information content (AvgIpc) is 2.52. The average molecular weight is 285 g/mol. The highest BCUT2D eigenvalue weighted by molar-refractivity contribution is 6.00. The summed E-state index contributed by atoms with van der Waals surface area (Å²) in [5.41, 5.74) is 6.18. The van der Waals surface area contributed by atoms with Crippen LogP contribution in [-0.2, 0) is 0 Å². The standard InChI is InChI=1S/C17H23N3O/c1-4-17(5-2,6-3)20-16(21)14-11-12-9-7-8-10-13(12)15(18)19-14/h7-11H,4-6H2,1-3H3,(H2,18,19)(H,20,21). The van der Waals surface area contributed by atoms with Gasteiger partial charge in [-0.25, -0.2) is 4.98 Å². The number of nitrogens with zero attached hydrogens (tertiary/aromatic N) is 1. The Morgan fingerprint density at radius 1 is 1.19 bits per heavy atom. The summed E-state index contributed by atoms with van der Waals surface area (Å²) in [6.45, 7) is 6.28. The molecule has 0 bridgehead atoms. The zero-order chi connectivity index (χ0) is 15.5. The third-order valence-electron chi connectivity index (χ3n) is 4.41. The Morgan fingerprint density at radius 3 is 2.43 bits per heavy atom. The smallest absolute Gasteiger partial charge is 0.270 e. The summed E-state index contributed by atoms with van der Waals surface area (Å²) in [7, 11) is 0. The van der Waals surface area contributed by atoms with Crippen molar-refractivity contribution >= 4 is 22.5 Å². The molecule has 21 heavy (non-hydrogen) atoms. The molecule has 2 aromatic rings. The van der Waals surface area contributed by atoms with Crippen LogP contribution in [0.25, 0.3) is 10.8 Å². The number of amides is 1. The molecule has 3 N–H and O–H groups in total. The lowest BCUT2D eigenvalue weighted by molar-refractivity contribution is 0.0883. The number of nitrogens with one attached hydrogen (secondary N) is 1. The Bertz CT molecular complexity index is 639. The summed E-state index contributed by atoms with van der Waals surface area (Å²) in [5.74, 6) is 0.242. The lowest BCUT2D eigenvalue weighted by Crippen LogP contribution is -2.47. The molecule has 1 aromatic carbocycles. The Hall–Kier alpha value is -2.10. The maximum absolute atomic E-state index is 12.5. The number of rotatable bonds is 5. The first-order valence-electron chi connectivity index (χ1n) is 7.53. The van der Waals surface area contributed by atoms with E-state index in [1.807, 2.05) is 24.3 Å². The highest BCUT2D eigenvalue weighted by Gasteiger charge is 2.27. The Kier molecular flexibility index (Phi) is 4.46.